The van der Waals surface area contributed by atoms with Crippen LogP contribution in [0, 0.1) is 0 Å². The van der Waals surface area contributed by atoms with Gasteiger partial charge >= 0.3 is 5.97 Å². The predicted molar refractivity (Wildman–Crippen MR) is 77.8 cm³/mol. The largest absolute Gasteiger partial charge is 0.463 e. The summed E-state index contributed by atoms with van der Waals surface area (Å²) in [6, 6.07) is 11.4. The molecule has 0 bridgehead atoms. The Balaban J connectivity index is 2.14. The first-order valence-electron chi connectivity index (χ1n) is 6.67. The van der Waals surface area contributed by atoms with E-state index in [0.717, 1.165) is 5.56 Å². The lowest BCUT2D eigenvalue weighted by Gasteiger charge is -2.29. The highest BCUT2D eigenvalue weighted by Crippen LogP contribution is 2.21. The maximum absolute atomic E-state index is 11.6. The Kier molecular flexibility index (Phi) is 4.77. The fourth-order valence-electron chi connectivity index (χ4n) is 2.09. The Morgan fingerprint density at radius 2 is 2.05 bits per heavy atom. The van der Waals surface area contributed by atoms with Crippen LogP contribution in [0.1, 0.15) is 28.6 Å². The lowest BCUT2D eigenvalue weighted by Crippen LogP contribution is -2.42. The van der Waals surface area contributed by atoms with Gasteiger partial charge in [0.15, 0.2) is 0 Å². The topological polar surface area (TPSA) is 71.7 Å². The van der Waals surface area contributed by atoms with Crippen LogP contribution in [0.3, 0.4) is 0 Å². The van der Waals surface area contributed by atoms with Crippen LogP contribution in [0.4, 0.5) is 0 Å². The summed E-state index contributed by atoms with van der Waals surface area (Å²) in [6.07, 6.45) is 1.45. The van der Waals surface area contributed by atoms with Gasteiger partial charge in [-0.15, -0.1) is 0 Å². The molecule has 1 atom stereocenters. The highest BCUT2D eigenvalue weighted by Gasteiger charge is 2.26. The predicted octanol–water partition coefficient (Wildman–Crippen LogP) is 2.06. The molecule has 2 aromatic rings. The van der Waals surface area contributed by atoms with Crippen LogP contribution >= 0.6 is 0 Å². The van der Waals surface area contributed by atoms with Crippen LogP contribution in [0.2, 0.25) is 0 Å². The minimum atomic E-state index is -0.605. The van der Waals surface area contributed by atoms with Gasteiger partial charge in [0.1, 0.15) is 0 Å². The number of carbonyl (C=O) groups is 1. The Morgan fingerprint density at radius 3 is 2.67 bits per heavy atom. The minimum absolute atomic E-state index is 0.0670. The molecule has 0 saturated carbocycles. The van der Waals surface area contributed by atoms with Gasteiger partial charge in [-0.2, -0.15) is 0 Å². The number of nitrogens with one attached hydrogen (secondary N) is 1. The molecule has 1 heterocycles. The van der Waals surface area contributed by atoms with Crippen molar-refractivity contribution in [3.8, 4) is 0 Å². The van der Waals surface area contributed by atoms with E-state index in [9.17, 15) is 9.90 Å². The lowest BCUT2D eigenvalue weighted by molar-refractivity contribution is 0.0562. The van der Waals surface area contributed by atoms with Gasteiger partial charge < -0.3 is 19.6 Å². The van der Waals surface area contributed by atoms with Crippen molar-refractivity contribution in [2.75, 3.05) is 13.7 Å². The number of esters is 1. The molecule has 0 aliphatic carbocycles. The summed E-state index contributed by atoms with van der Waals surface area (Å²) in [5, 5.41) is 13.0. The van der Waals surface area contributed by atoms with Crippen molar-refractivity contribution in [2.45, 2.75) is 19.0 Å². The van der Waals surface area contributed by atoms with Gasteiger partial charge in [-0.05, 0) is 18.6 Å². The third-order valence-electron chi connectivity index (χ3n) is 3.51. The summed E-state index contributed by atoms with van der Waals surface area (Å²) >= 11 is 0. The SMILES string of the molecule is COC(=O)c1occc1CNC(C)(CO)c1ccccc1. The van der Waals surface area contributed by atoms with Gasteiger partial charge in [0, 0.05) is 12.1 Å². The normalized spacial score (nSPS) is 13.7. The first kappa shape index (κ1) is 15.3. The molecule has 0 aliphatic rings. The summed E-state index contributed by atoms with van der Waals surface area (Å²) in [5.41, 5.74) is 1.06. The van der Waals surface area contributed by atoms with E-state index < -0.39 is 11.5 Å². The molecular weight excluding hydrogens is 270 g/mol. The van der Waals surface area contributed by atoms with Gasteiger partial charge in [0.25, 0.3) is 0 Å². The van der Waals surface area contributed by atoms with E-state index in [1.165, 1.54) is 13.4 Å². The Hall–Kier alpha value is -2.11. The quantitative estimate of drug-likeness (QED) is 0.796. The molecule has 0 aliphatic heterocycles. The zero-order chi connectivity index (χ0) is 15.3. The maximum Gasteiger partial charge on any atom is 0.374 e. The first-order valence-corrected chi connectivity index (χ1v) is 6.67. The van der Waals surface area contributed by atoms with E-state index in [4.69, 9.17) is 4.42 Å². The van der Waals surface area contributed by atoms with E-state index in [-0.39, 0.29) is 12.4 Å². The summed E-state index contributed by atoms with van der Waals surface area (Å²) in [7, 11) is 1.31. The monoisotopic (exact) mass is 289 g/mol. The van der Waals surface area contributed by atoms with Crippen LogP contribution in [-0.2, 0) is 16.8 Å². The Labute approximate surface area is 123 Å². The van der Waals surface area contributed by atoms with Gasteiger partial charge in [0.05, 0.1) is 25.5 Å². The Morgan fingerprint density at radius 1 is 1.33 bits per heavy atom. The zero-order valence-corrected chi connectivity index (χ0v) is 12.1. The van der Waals surface area contributed by atoms with Crippen molar-refractivity contribution in [3.63, 3.8) is 0 Å². The van der Waals surface area contributed by atoms with E-state index in [1.807, 2.05) is 37.3 Å². The maximum atomic E-state index is 11.6. The van der Waals surface area contributed by atoms with E-state index in [0.29, 0.717) is 12.1 Å². The van der Waals surface area contributed by atoms with E-state index >= 15 is 0 Å². The van der Waals surface area contributed by atoms with Crippen LogP contribution in [0.5, 0.6) is 0 Å². The van der Waals surface area contributed by atoms with Crippen molar-refractivity contribution in [1.82, 2.24) is 5.32 Å². The number of aliphatic hydroxyl groups is 1. The van der Waals surface area contributed by atoms with Crippen molar-refractivity contribution in [2.24, 2.45) is 0 Å². The molecule has 0 spiro atoms. The molecule has 5 nitrogen and oxygen atoms in total. The second-order valence-electron chi connectivity index (χ2n) is 4.98. The van der Waals surface area contributed by atoms with Gasteiger partial charge in [0.2, 0.25) is 5.76 Å². The van der Waals surface area contributed by atoms with Crippen molar-refractivity contribution in [1.29, 1.82) is 0 Å². The molecule has 1 unspecified atom stereocenters. The highest BCUT2D eigenvalue weighted by atomic mass is 16.5. The molecule has 1 aromatic carbocycles. The number of methoxy groups -OCH3 is 1. The number of furan rings is 1. The molecular formula is C16H19NO4. The second kappa shape index (κ2) is 6.56. The third kappa shape index (κ3) is 3.32. The molecule has 21 heavy (non-hydrogen) atoms. The molecule has 0 saturated heterocycles. The van der Waals surface area contributed by atoms with Gasteiger partial charge in [-0.3, -0.25) is 0 Å². The number of rotatable bonds is 6. The summed E-state index contributed by atoms with van der Waals surface area (Å²) in [5.74, 6) is -0.333. The molecule has 0 radical (unpaired) electrons. The number of aliphatic hydroxyl groups excluding tert-OH is 1. The number of benzene rings is 1. The molecule has 2 rings (SSSR count). The van der Waals surface area contributed by atoms with Gasteiger partial charge in [-0.1, -0.05) is 30.3 Å². The molecule has 5 heteroatoms. The number of hydrogen-bond acceptors (Lipinski definition) is 5. The van der Waals surface area contributed by atoms with Crippen LogP contribution in [-0.4, -0.2) is 24.8 Å². The van der Waals surface area contributed by atoms with Crippen LogP contribution in [0.25, 0.3) is 0 Å². The zero-order valence-electron chi connectivity index (χ0n) is 12.1. The summed E-state index contributed by atoms with van der Waals surface area (Å²) in [6.45, 7) is 2.22. The number of carbonyl (C=O) groups excluding carboxylic acids is 1. The molecule has 1 aromatic heterocycles. The molecule has 2 N–H and O–H groups in total. The fraction of sp³-hybridized carbons (Fsp3) is 0.312. The number of ether oxygens (including phenoxy) is 1. The minimum Gasteiger partial charge on any atom is -0.463 e. The molecule has 0 amide bonds. The van der Waals surface area contributed by atoms with Crippen LogP contribution < -0.4 is 5.32 Å². The average Bonchev–Trinajstić information content (AvgIpc) is 3.01. The number of hydrogen-bond donors (Lipinski definition) is 2. The van der Waals surface area contributed by atoms with Crippen LogP contribution in [0.15, 0.2) is 47.1 Å². The highest BCUT2D eigenvalue weighted by molar-refractivity contribution is 5.87. The third-order valence-corrected chi connectivity index (χ3v) is 3.51. The van der Waals surface area contributed by atoms with Crippen molar-refractivity contribution >= 4 is 5.97 Å². The van der Waals surface area contributed by atoms with E-state index in [2.05, 4.69) is 10.1 Å². The fourth-order valence-corrected chi connectivity index (χ4v) is 2.09. The average molecular weight is 289 g/mol. The lowest BCUT2D eigenvalue weighted by atomic mass is 9.92. The first-order chi connectivity index (χ1) is 10.1. The Bertz CT molecular complexity index is 593. The second-order valence-corrected chi connectivity index (χ2v) is 4.98. The van der Waals surface area contributed by atoms with Crippen molar-refractivity contribution < 1.29 is 19.1 Å². The summed E-state index contributed by atoms with van der Waals surface area (Å²) in [4.78, 5) is 11.6. The summed E-state index contributed by atoms with van der Waals surface area (Å²) < 4.78 is 9.81. The van der Waals surface area contributed by atoms with Crippen molar-refractivity contribution in [3.05, 3.63) is 59.5 Å². The molecule has 112 valence electrons. The molecule has 0 fully saturated rings. The standard InChI is InChI=1S/C16H19NO4/c1-16(11-18,13-6-4-3-5-7-13)17-10-12-8-9-21-14(12)15(19)20-2/h3-9,17-18H,10-11H2,1-2H3. The van der Waals surface area contributed by atoms with E-state index in [1.54, 1.807) is 6.07 Å². The smallest absolute Gasteiger partial charge is 0.374 e. The van der Waals surface area contributed by atoms with Gasteiger partial charge in [-0.25, -0.2) is 4.79 Å².